The lowest BCUT2D eigenvalue weighted by Crippen LogP contribution is -2.25. The summed E-state index contributed by atoms with van der Waals surface area (Å²) in [6, 6.07) is 7.60. The number of benzene rings is 1. The van der Waals surface area contributed by atoms with Gasteiger partial charge >= 0.3 is 5.97 Å². The maximum atomic E-state index is 11.3. The van der Waals surface area contributed by atoms with Crippen LogP contribution in [-0.2, 0) is 9.53 Å². The molecular weight excluding hydrogens is 212 g/mol. The Labute approximate surface area is 94.2 Å². The van der Waals surface area contributed by atoms with Gasteiger partial charge in [-0.1, -0.05) is 23.7 Å². The molecule has 1 heterocycles. The molecule has 15 heavy (non-hydrogen) atoms. The molecule has 1 aliphatic rings. The summed E-state index contributed by atoms with van der Waals surface area (Å²) in [7, 11) is 0. The molecular formula is C12H13ClO2. The van der Waals surface area contributed by atoms with E-state index in [1.165, 1.54) is 0 Å². The summed E-state index contributed by atoms with van der Waals surface area (Å²) in [5.74, 6) is 0.00205. The topological polar surface area (TPSA) is 26.3 Å². The number of hydrogen-bond acceptors (Lipinski definition) is 2. The third-order valence-corrected chi connectivity index (χ3v) is 3.11. The fraction of sp³-hybridized carbons (Fsp3) is 0.417. The van der Waals surface area contributed by atoms with Crippen molar-refractivity contribution in [1.29, 1.82) is 0 Å². The second-order valence-electron chi connectivity index (χ2n) is 4.39. The minimum atomic E-state index is -0.412. The van der Waals surface area contributed by atoms with Crippen LogP contribution in [0.2, 0.25) is 5.02 Å². The quantitative estimate of drug-likeness (QED) is 0.685. The van der Waals surface area contributed by atoms with Gasteiger partial charge in [-0.3, -0.25) is 4.79 Å². The summed E-state index contributed by atoms with van der Waals surface area (Å²) >= 11 is 5.82. The monoisotopic (exact) mass is 224 g/mol. The standard InChI is InChI=1S/C12H13ClO2/c1-12(2)10(7-11(14)15-12)8-3-5-9(13)6-4-8/h3-6,10H,7H2,1-2H3/t10-/m1/s1. The van der Waals surface area contributed by atoms with E-state index in [0.29, 0.717) is 11.4 Å². The summed E-state index contributed by atoms with van der Waals surface area (Å²) in [6.45, 7) is 3.88. The number of ether oxygens (including phenoxy) is 1. The fourth-order valence-corrected chi connectivity index (χ4v) is 2.16. The van der Waals surface area contributed by atoms with E-state index in [1.807, 2.05) is 38.1 Å². The first-order chi connectivity index (χ1) is 6.99. The van der Waals surface area contributed by atoms with Gasteiger partial charge in [0.1, 0.15) is 5.60 Å². The first-order valence-electron chi connectivity index (χ1n) is 4.96. The molecule has 0 spiro atoms. The molecule has 0 aliphatic carbocycles. The van der Waals surface area contributed by atoms with Gasteiger partial charge in [0.05, 0.1) is 6.42 Å². The first kappa shape index (κ1) is 10.5. The van der Waals surface area contributed by atoms with Gasteiger partial charge in [-0.05, 0) is 31.5 Å². The number of carbonyl (C=O) groups excluding carboxylic acids is 1. The molecule has 1 fully saturated rings. The molecule has 1 atom stereocenters. The molecule has 2 rings (SSSR count). The summed E-state index contributed by atoms with van der Waals surface area (Å²) in [5.41, 5.74) is 0.695. The fourth-order valence-electron chi connectivity index (χ4n) is 2.03. The largest absolute Gasteiger partial charge is 0.459 e. The molecule has 0 aromatic heterocycles. The maximum Gasteiger partial charge on any atom is 0.307 e. The van der Waals surface area contributed by atoms with Crippen molar-refractivity contribution >= 4 is 17.6 Å². The van der Waals surface area contributed by atoms with Gasteiger partial charge in [0.25, 0.3) is 0 Å². The number of rotatable bonds is 1. The Balaban J connectivity index is 2.31. The zero-order chi connectivity index (χ0) is 11.1. The van der Waals surface area contributed by atoms with Crippen LogP contribution < -0.4 is 0 Å². The van der Waals surface area contributed by atoms with Gasteiger partial charge in [-0.25, -0.2) is 0 Å². The Morgan fingerprint density at radius 3 is 2.40 bits per heavy atom. The molecule has 0 amide bonds. The first-order valence-corrected chi connectivity index (χ1v) is 5.34. The number of esters is 1. The summed E-state index contributed by atoms with van der Waals surface area (Å²) in [4.78, 5) is 11.3. The van der Waals surface area contributed by atoms with Crippen LogP contribution >= 0.6 is 11.6 Å². The van der Waals surface area contributed by atoms with E-state index in [4.69, 9.17) is 16.3 Å². The normalized spacial score (nSPS) is 23.9. The lowest BCUT2D eigenvalue weighted by atomic mass is 9.84. The van der Waals surface area contributed by atoms with Gasteiger partial charge in [-0.15, -0.1) is 0 Å². The summed E-state index contributed by atoms with van der Waals surface area (Å²) < 4.78 is 5.27. The van der Waals surface area contributed by atoms with Crippen molar-refractivity contribution in [2.75, 3.05) is 0 Å². The Kier molecular flexibility index (Phi) is 2.47. The highest BCUT2D eigenvalue weighted by molar-refractivity contribution is 6.30. The number of hydrogen-bond donors (Lipinski definition) is 0. The van der Waals surface area contributed by atoms with Gasteiger partial charge in [0, 0.05) is 10.9 Å². The third kappa shape index (κ3) is 2.00. The lowest BCUT2D eigenvalue weighted by Gasteiger charge is -2.24. The molecule has 0 unspecified atom stereocenters. The molecule has 0 saturated carbocycles. The SMILES string of the molecule is CC1(C)OC(=O)C[C@@H]1c1ccc(Cl)cc1. The van der Waals surface area contributed by atoms with Crippen molar-refractivity contribution in [1.82, 2.24) is 0 Å². The predicted octanol–water partition coefficient (Wildman–Crippen LogP) is 3.15. The highest BCUT2D eigenvalue weighted by Crippen LogP contribution is 2.40. The molecule has 3 heteroatoms. The van der Waals surface area contributed by atoms with E-state index < -0.39 is 5.60 Å². The van der Waals surface area contributed by atoms with Crippen molar-refractivity contribution in [3.63, 3.8) is 0 Å². The number of carbonyl (C=O) groups is 1. The molecule has 1 aromatic rings. The summed E-state index contributed by atoms with van der Waals surface area (Å²) in [6.07, 6.45) is 0.453. The van der Waals surface area contributed by atoms with Crippen LogP contribution in [0.1, 0.15) is 31.7 Å². The van der Waals surface area contributed by atoms with Crippen LogP contribution in [0.15, 0.2) is 24.3 Å². The second kappa shape index (κ2) is 3.53. The van der Waals surface area contributed by atoms with Gasteiger partial charge in [0.15, 0.2) is 0 Å². The van der Waals surface area contributed by atoms with Crippen molar-refractivity contribution in [3.8, 4) is 0 Å². The molecule has 0 radical (unpaired) electrons. The average Bonchev–Trinajstić information content (AvgIpc) is 2.41. The highest BCUT2D eigenvalue weighted by atomic mass is 35.5. The molecule has 1 saturated heterocycles. The maximum absolute atomic E-state index is 11.3. The van der Waals surface area contributed by atoms with Crippen molar-refractivity contribution in [2.24, 2.45) is 0 Å². The molecule has 1 aromatic carbocycles. The Hall–Kier alpha value is -1.02. The van der Waals surface area contributed by atoms with Crippen molar-refractivity contribution in [3.05, 3.63) is 34.9 Å². The average molecular weight is 225 g/mol. The molecule has 1 aliphatic heterocycles. The molecule has 2 nitrogen and oxygen atoms in total. The zero-order valence-electron chi connectivity index (χ0n) is 8.79. The highest BCUT2D eigenvalue weighted by Gasteiger charge is 2.42. The molecule has 80 valence electrons. The molecule has 0 bridgehead atoms. The van der Waals surface area contributed by atoms with E-state index in [1.54, 1.807) is 0 Å². The van der Waals surface area contributed by atoms with E-state index in [2.05, 4.69) is 0 Å². The Morgan fingerprint density at radius 2 is 1.93 bits per heavy atom. The zero-order valence-corrected chi connectivity index (χ0v) is 9.54. The van der Waals surface area contributed by atoms with Gasteiger partial charge < -0.3 is 4.74 Å². The van der Waals surface area contributed by atoms with Gasteiger partial charge in [0.2, 0.25) is 0 Å². The third-order valence-electron chi connectivity index (χ3n) is 2.86. The minimum Gasteiger partial charge on any atom is -0.459 e. The van der Waals surface area contributed by atoms with E-state index in [9.17, 15) is 4.79 Å². The van der Waals surface area contributed by atoms with E-state index >= 15 is 0 Å². The van der Waals surface area contributed by atoms with Crippen molar-refractivity contribution < 1.29 is 9.53 Å². The minimum absolute atomic E-state index is 0.125. The summed E-state index contributed by atoms with van der Waals surface area (Å²) in [5, 5.41) is 0.710. The van der Waals surface area contributed by atoms with Crippen LogP contribution in [0.5, 0.6) is 0 Å². The van der Waals surface area contributed by atoms with E-state index in [-0.39, 0.29) is 11.9 Å². The van der Waals surface area contributed by atoms with Crippen LogP contribution in [0, 0.1) is 0 Å². The van der Waals surface area contributed by atoms with Crippen LogP contribution in [-0.4, -0.2) is 11.6 Å². The number of cyclic esters (lactones) is 1. The Morgan fingerprint density at radius 1 is 1.33 bits per heavy atom. The second-order valence-corrected chi connectivity index (χ2v) is 4.82. The predicted molar refractivity (Wildman–Crippen MR) is 59.0 cm³/mol. The number of halogens is 1. The van der Waals surface area contributed by atoms with Gasteiger partial charge in [-0.2, -0.15) is 0 Å². The van der Waals surface area contributed by atoms with Crippen LogP contribution in [0.4, 0.5) is 0 Å². The lowest BCUT2D eigenvalue weighted by molar-refractivity contribution is -0.146. The smallest absolute Gasteiger partial charge is 0.307 e. The van der Waals surface area contributed by atoms with E-state index in [0.717, 1.165) is 5.56 Å². The van der Waals surface area contributed by atoms with Crippen molar-refractivity contribution in [2.45, 2.75) is 31.8 Å². The van der Waals surface area contributed by atoms with Crippen LogP contribution in [0.25, 0.3) is 0 Å². The molecule has 0 N–H and O–H groups in total. The Bertz CT molecular complexity index is 381. The van der Waals surface area contributed by atoms with Crippen LogP contribution in [0.3, 0.4) is 0 Å².